The minimum Gasteiger partial charge on any atom is -0.261 e. The van der Waals surface area contributed by atoms with Crippen LogP contribution in [0.5, 0.6) is 0 Å². The quantitative estimate of drug-likeness (QED) is 0.433. The zero-order valence-electron chi connectivity index (χ0n) is 15.4. The van der Waals surface area contributed by atoms with Gasteiger partial charge in [-0.1, -0.05) is 22.0 Å². The van der Waals surface area contributed by atoms with Crippen molar-refractivity contribution in [3.8, 4) is 0 Å². The average Bonchev–Trinajstić information content (AvgIpc) is 3.28. The van der Waals surface area contributed by atoms with E-state index < -0.39 is 11.6 Å². The summed E-state index contributed by atoms with van der Waals surface area (Å²) in [5.74, 6) is -1.50. The van der Waals surface area contributed by atoms with Crippen LogP contribution in [0.2, 0.25) is 0 Å². The zero-order chi connectivity index (χ0) is 19.8. The average molecular weight is 446 g/mol. The lowest BCUT2D eigenvalue weighted by molar-refractivity contribution is 0.356. The number of aromatic nitrogens is 5. The Kier molecular flexibility index (Phi) is 4.97. The molecule has 2 aromatic carbocycles. The molecule has 8 heteroatoms. The molecule has 0 saturated carbocycles. The fourth-order valence-electron chi connectivity index (χ4n) is 3.59. The monoisotopic (exact) mass is 445 g/mol. The molecule has 144 valence electrons. The van der Waals surface area contributed by atoms with Crippen molar-refractivity contribution in [2.24, 2.45) is 0 Å². The Morgan fingerprint density at radius 1 is 1.14 bits per heavy atom. The molecular formula is C20H18BrF2N5. The summed E-state index contributed by atoms with van der Waals surface area (Å²) in [6, 6.07) is 9.45. The third-order valence-corrected chi connectivity index (χ3v) is 5.53. The first-order chi connectivity index (χ1) is 13.4. The number of hydrogen-bond donors (Lipinski definition) is 0. The van der Waals surface area contributed by atoms with E-state index in [0.717, 1.165) is 27.1 Å². The molecule has 2 heterocycles. The molecule has 5 nitrogen and oxygen atoms in total. The lowest BCUT2D eigenvalue weighted by Gasteiger charge is -2.26. The van der Waals surface area contributed by atoms with Gasteiger partial charge in [-0.2, -0.15) is 10.2 Å². The van der Waals surface area contributed by atoms with E-state index in [-0.39, 0.29) is 12.0 Å². The topological polar surface area (TPSA) is 48.5 Å². The summed E-state index contributed by atoms with van der Waals surface area (Å²) in [5.41, 5.74) is 2.27. The third-order valence-electron chi connectivity index (χ3n) is 5.03. The molecule has 0 fully saturated rings. The Labute approximate surface area is 169 Å². The lowest BCUT2D eigenvalue weighted by Crippen LogP contribution is -2.22. The molecule has 0 bridgehead atoms. The van der Waals surface area contributed by atoms with E-state index in [0.29, 0.717) is 12.1 Å². The van der Waals surface area contributed by atoms with Crippen molar-refractivity contribution in [1.82, 2.24) is 24.5 Å². The molecule has 4 aromatic rings. The van der Waals surface area contributed by atoms with Gasteiger partial charge in [0.15, 0.2) is 0 Å². The predicted molar refractivity (Wildman–Crippen MR) is 106 cm³/mol. The molecule has 4 rings (SSSR count). The van der Waals surface area contributed by atoms with Crippen molar-refractivity contribution in [3.63, 3.8) is 0 Å². The van der Waals surface area contributed by atoms with Gasteiger partial charge in [-0.15, -0.1) is 0 Å². The van der Waals surface area contributed by atoms with Crippen molar-refractivity contribution in [2.45, 2.75) is 32.4 Å². The lowest BCUT2D eigenvalue weighted by atomic mass is 9.91. The fraction of sp³-hybridized carbons (Fsp3) is 0.250. The van der Waals surface area contributed by atoms with Crippen LogP contribution in [0.3, 0.4) is 0 Å². The SMILES string of the molecule is Cc1nn([C@H](C)[C@@H](Cn2cncn2)c2ccc(F)cc2F)c2ccc(Br)cc12. The number of fused-ring (bicyclic) bond motifs is 1. The predicted octanol–water partition coefficient (Wildman–Crippen LogP) is 5.02. The minimum absolute atomic E-state index is 0.207. The van der Waals surface area contributed by atoms with E-state index in [1.807, 2.05) is 36.7 Å². The van der Waals surface area contributed by atoms with Crippen LogP contribution in [0.1, 0.15) is 30.1 Å². The molecule has 28 heavy (non-hydrogen) atoms. The highest BCUT2D eigenvalue weighted by Gasteiger charge is 2.27. The summed E-state index contributed by atoms with van der Waals surface area (Å²) in [6.45, 7) is 4.32. The summed E-state index contributed by atoms with van der Waals surface area (Å²) in [5, 5.41) is 9.89. The van der Waals surface area contributed by atoms with Crippen LogP contribution in [0, 0.1) is 18.6 Å². The van der Waals surface area contributed by atoms with E-state index in [1.54, 1.807) is 11.0 Å². The Morgan fingerprint density at radius 2 is 1.96 bits per heavy atom. The second kappa shape index (κ2) is 7.43. The van der Waals surface area contributed by atoms with Gasteiger partial charge in [0.1, 0.15) is 24.3 Å². The number of halogens is 3. The number of aryl methyl sites for hydroxylation is 1. The van der Waals surface area contributed by atoms with Gasteiger partial charge in [0, 0.05) is 21.8 Å². The van der Waals surface area contributed by atoms with E-state index >= 15 is 0 Å². The molecule has 0 saturated heterocycles. The Bertz CT molecular complexity index is 1120. The zero-order valence-corrected chi connectivity index (χ0v) is 16.9. The Hall–Kier alpha value is -2.61. The van der Waals surface area contributed by atoms with Gasteiger partial charge in [0.05, 0.1) is 23.8 Å². The summed E-state index contributed by atoms with van der Waals surface area (Å²) in [7, 11) is 0. The molecule has 2 atom stereocenters. The summed E-state index contributed by atoms with van der Waals surface area (Å²) in [6.07, 6.45) is 3.03. The molecule has 0 aliphatic heterocycles. The van der Waals surface area contributed by atoms with Crippen LogP contribution in [-0.4, -0.2) is 24.5 Å². The number of nitrogens with zero attached hydrogens (tertiary/aromatic N) is 5. The maximum atomic E-state index is 14.7. The van der Waals surface area contributed by atoms with E-state index in [4.69, 9.17) is 5.10 Å². The Balaban J connectivity index is 1.82. The van der Waals surface area contributed by atoms with Crippen molar-refractivity contribution in [1.29, 1.82) is 0 Å². The largest absolute Gasteiger partial charge is 0.261 e. The maximum Gasteiger partial charge on any atom is 0.137 e. The van der Waals surface area contributed by atoms with Gasteiger partial charge >= 0.3 is 0 Å². The minimum atomic E-state index is -0.598. The fourth-order valence-corrected chi connectivity index (χ4v) is 3.95. The van der Waals surface area contributed by atoms with Crippen molar-refractivity contribution < 1.29 is 8.78 Å². The van der Waals surface area contributed by atoms with Gasteiger partial charge in [-0.05, 0) is 43.7 Å². The van der Waals surface area contributed by atoms with Gasteiger partial charge in [-0.3, -0.25) is 9.36 Å². The van der Waals surface area contributed by atoms with Crippen LogP contribution in [0.4, 0.5) is 8.78 Å². The number of benzene rings is 2. The van der Waals surface area contributed by atoms with Gasteiger partial charge < -0.3 is 0 Å². The number of rotatable bonds is 5. The standard InChI is InChI=1S/C20H18BrF2N5/c1-12-17-7-14(21)3-6-20(17)28(26-12)13(2)18(9-27-11-24-10-25-27)16-5-4-15(22)8-19(16)23/h3-8,10-11,13,18H,9H2,1-2H3/t13-,18-/m1/s1. The van der Waals surface area contributed by atoms with Crippen LogP contribution in [-0.2, 0) is 6.54 Å². The Morgan fingerprint density at radius 3 is 2.68 bits per heavy atom. The van der Waals surface area contributed by atoms with Crippen LogP contribution in [0.15, 0.2) is 53.5 Å². The van der Waals surface area contributed by atoms with Gasteiger partial charge in [-0.25, -0.2) is 13.8 Å². The molecular weight excluding hydrogens is 428 g/mol. The second-order valence-corrected chi connectivity index (χ2v) is 7.74. The van der Waals surface area contributed by atoms with Crippen LogP contribution < -0.4 is 0 Å². The molecule has 0 aliphatic carbocycles. The highest BCUT2D eigenvalue weighted by Crippen LogP contribution is 2.35. The first kappa shape index (κ1) is 18.7. The van der Waals surface area contributed by atoms with Gasteiger partial charge in [0.25, 0.3) is 0 Å². The molecule has 0 N–H and O–H groups in total. The van der Waals surface area contributed by atoms with Crippen molar-refractivity contribution in [3.05, 3.63) is 76.4 Å². The highest BCUT2D eigenvalue weighted by atomic mass is 79.9. The van der Waals surface area contributed by atoms with Crippen LogP contribution >= 0.6 is 15.9 Å². The summed E-state index contributed by atoms with van der Waals surface area (Å²) in [4.78, 5) is 3.97. The third kappa shape index (κ3) is 3.44. The van der Waals surface area contributed by atoms with Crippen molar-refractivity contribution in [2.75, 3.05) is 0 Å². The number of hydrogen-bond acceptors (Lipinski definition) is 3. The summed E-state index contributed by atoms with van der Waals surface area (Å²) >= 11 is 3.49. The molecule has 0 amide bonds. The molecule has 2 aromatic heterocycles. The summed E-state index contributed by atoms with van der Waals surface area (Å²) < 4.78 is 32.7. The van der Waals surface area contributed by atoms with Crippen molar-refractivity contribution >= 4 is 26.8 Å². The van der Waals surface area contributed by atoms with Gasteiger partial charge in [0.2, 0.25) is 0 Å². The van der Waals surface area contributed by atoms with E-state index in [9.17, 15) is 8.78 Å². The first-order valence-electron chi connectivity index (χ1n) is 8.86. The van der Waals surface area contributed by atoms with Crippen LogP contribution in [0.25, 0.3) is 10.9 Å². The molecule has 0 aliphatic rings. The normalized spacial score (nSPS) is 13.8. The molecule has 0 spiro atoms. The second-order valence-electron chi connectivity index (χ2n) is 6.82. The smallest absolute Gasteiger partial charge is 0.137 e. The molecule has 0 radical (unpaired) electrons. The van der Waals surface area contributed by atoms with E-state index in [1.165, 1.54) is 18.5 Å². The highest BCUT2D eigenvalue weighted by molar-refractivity contribution is 9.10. The van der Waals surface area contributed by atoms with E-state index in [2.05, 4.69) is 26.0 Å². The molecule has 0 unspecified atom stereocenters. The first-order valence-corrected chi connectivity index (χ1v) is 9.65. The maximum absolute atomic E-state index is 14.7.